The Morgan fingerprint density at radius 1 is 1.07 bits per heavy atom. The number of nitrogens with two attached hydrogens (primary N) is 1. The summed E-state index contributed by atoms with van der Waals surface area (Å²) >= 11 is 0. The average Bonchev–Trinajstić information content (AvgIpc) is 2.75. The number of hydrogen-bond acceptors (Lipinski definition) is 5. The van der Waals surface area contributed by atoms with Crippen LogP contribution in [0.2, 0.25) is 0 Å². The van der Waals surface area contributed by atoms with Crippen molar-refractivity contribution in [1.82, 2.24) is 4.98 Å². The molecule has 0 spiro atoms. The maximum Gasteiger partial charge on any atom is 0.387 e. The second-order valence-electron chi connectivity index (χ2n) is 7.14. The van der Waals surface area contributed by atoms with Gasteiger partial charge >= 0.3 is 6.61 Å². The van der Waals surface area contributed by atoms with Gasteiger partial charge < -0.3 is 15.2 Å². The highest BCUT2D eigenvalue weighted by molar-refractivity contribution is 5.83. The molecule has 2 heterocycles. The molecule has 1 aliphatic rings. The number of aryl methyl sites for hydroxylation is 1. The largest absolute Gasteiger partial charge is 0.435 e. The van der Waals surface area contributed by atoms with Crippen molar-refractivity contribution in [2.75, 3.05) is 13.2 Å². The fraction of sp³-hybridized carbons (Fsp3) is 0.217. The molecule has 2 aromatic carbocycles. The van der Waals surface area contributed by atoms with Gasteiger partial charge in [0, 0.05) is 12.4 Å². The van der Waals surface area contributed by atoms with Crippen molar-refractivity contribution in [3.05, 3.63) is 83.7 Å². The Hall–Kier alpha value is -3.32. The van der Waals surface area contributed by atoms with Gasteiger partial charge in [0.15, 0.2) is 0 Å². The van der Waals surface area contributed by atoms with E-state index in [1.54, 1.807) is 31.5 Å². The molecule has 7 heteroatoms. The number of nitrogens with zero attached hydrogens (tertiary/aromatic N) is 2. The summed E-state index contributed by atoms with van der Waals surface area (Å²) < 4.78 is 35.7. The van der Waals surface area contributed by atoms with Gasteiger partial charge in [0.05, 0.1) is 6.61 Å². The number of alkyl halides is 2. The van der Waals surface area contributed by atoms with Gasteiger partial charge in [0.25, 0.3) is 0 Å². The number of aromatic nitrogens is 1. The minimum Gasteiger partial charge on any atom is -0.435 e. The van der Waals surface area contributed by atoms with Crippen LogP contribution in [0.25, 0.3) is 11.1 Å². The summed E-state index contributed by atoms with van der Waals surface area (Å²) in [6.07, 6.45) is 3.52. The highest BCUT2D eigenvalue weighted by atomic mass is 19.3. The Balaban J connectivity index is 1.84. The fourth-order valence-corrected chi connectivity index (χ4v) is 3.70. The van der Waals surface area contributed by atoms with Gasteiger partial charge in [-0.25, -0.2) is 0 Å². The molecule has 1 aromatic heterocycles. The lowest BCUT2D eigenvalue weighted by atomic mass is 9.81. The zero-order chi connectivity index (χ0) is 21.1. The summed E-state index contributed by atoms with van der Waals surface area (Å²) in [4.78, 5) is 8.97. The molecule has 0 bridgehead atoms. The van der Waals surface area contributed by atoms with Gasteiger partial charge in [-0.15, -0.1) is 0 Å². The van der Waals surface area contributed by atoms with E-state index in [9.17, 15) is 8.78 Å². The number of ether oxygens (including phenoxy) is 2. The molecule has 3 aromatic rings. The molecular formula is C23H21F2N3O2. The maximum absolute atomic E-state index is 12.7. The van der Waals surface area contributed by atoms with Crippen LogP contribution in [0.4, 0.5) is 8.78 Å². The summed E-state index contributed by atoms with van der Waals surface area (Å²) in [5, 5.41) is 0. The summed E-state index contributed by atoms with van der Waals surface area (Å²) in [5.74, 6) is 0.500. The highest BCUT2D eigenvalue weighted by Gasteiger charge is 2.38. The third-order valence-electron chi connectivity index (χ3n) is 5.10. The number of halogens is 2. The number of hydrogen-bond donors (Lipinski definition) is 1. The van der Waals surface area contributed by atoms with E-state index in [2.05, 4.69) is 9.72 Å². The SMILES string of the molecule is Cc1cc(C2(c3cccc(-c4cccnc4)c3)COCC(N)=N2)ccc1OC(F)F. The summed E-state index contributed by atoms with van der Waals surface area (Å²) in [6, 6.07) is 16.8. The van der Waals surface area contributed by atoms with Crippen LogP contribution in [0.3, 0.4) is 0 Å². The van der Waals surface area contributed by atoms with Crippen LogP contribution in [0.1, 0.15) is 16.7 Å². The van der Waals surface area contributed by atoms with Gasteiger partial charge in [0.2, 0.25) is 0 Å². The van der Waals surface area contributed by atoms with E-state index >= 15 is 0 Å². The number of aliphatic imine (C=N–C) groups is 1. The monoisotopic (exact) mass is 409 g/mol. The third-order valence-corrected chi connectivity index (χ3v) is 5.10. The first-order valence-corrected chi connectivity index (χ1v) is 9.47. The van der Waals surface area contributed by atoms with Gasteiger partial charge in [0.1, 0.15) is 23.7 Å². The predicted molar refractivity (Wildman–Crippen MR) is 111 cm³/mol. The molecular weight excluding hydrogens is 388 g/mol. The zero-order valence-electron chi connectivity index (χ0n) is 16.4. The van der Waals surface area contributed by atoms with Crippen molar-refractivity contribution in [2.24, 2.45) is 10.7 Å². The molecule has 0 aliphatic carbocycles. The number of benzene rings is 2. The van der Waals surface area contributed by atoms with Crippen LogP contribution >= 0.6 is 0 Å². The summed E-state index contributed by atoms with van der Waals surface area (Å²) in [6.45, 7) is -0.641. The first kappa shape index (κ1) is 20.0. The van der Waals surface area contributed by atoms with Crippen molar-refractivity contribution in [2.45, 2.75) is 19.1 Å². The van der Waals surface area contributed by atoms with Crippen molar-refractivity contribution >= 4 is 5.84 Å². The lowest BCUT2D eigenvalue weighted by Gasteiger charge is -2.35. The van der Waals surface area contributed by atoms with Gasteiger partial charge in [-0.2, -0.15) is 8.78 Å². The van der Waals surface area contributed by atoms with Crippen molar-refractivity contribution in [3.8, 4) is 16.9 Å². The smallest absolute Gasteiger partial charge is 0.387 e. The molecule has 0 fully saturated rings. The van der Waals surface area contributed by atoms with E-state index in [4.69, 9.17) is 15.5 Å². The molecule has 1 atom stereocenters. The van der Waals surface area contributed by atoms with E-state index in [0.29, 0.717) is 11.4 Å². The molecule has 154 valence electrons. The maximum atomic E-state index is 12.7. The normalized spacial score (nSPS) is 18.9. The first-order chi connectivity index (χ1) is 14.5. The third kappa shape index (κ3) is 3.89. The molecule has 5 nitrogen and oxygen atoms in total. The van der Waals surface area contributed by atoms with Crippen LogP contribution < -0.4 is 10.5 Å². The topological polar surface area (TPSA) is 69.7 Å². The van der Waals surface area contributed by atoms with Crippen molar-refractivity contribution in [1.29, 1.82) is 0 Å². The van der Waals surface area contributed by atoms with E-state index in [1.165, 1.54) is 6.07 Å². The van der Waals surface area contributed by atoms with Gasteiger partial charge in [-0.05, 0) is 59.0 Å². The van der Waals surface area contributed by atoms with Crippen LogP contribution in [0, 0.1) is 6.92 Å². The Morgan fingerprint density at radius 2 is 1.87 bits per heavy atom. The molecule has 1 unspecified atom stereocenters. The summed E-state index contributed by atoms with van der Waals surface area (Å²) in [5.41, 5.74) is 9.36. The Labute approximate surface area is 173 Å². The van der Waals surface area contributed by atoms with Crippen LogP contribution in [-0.4, -0.2) is 30.6 Å². The first-order valence-electron chi connectivity index (χ1n) is 9.47. The predicted octanol–water partition coefficient (Wildman–Crippen LogP) is 4.29. The van der Waals surface area contributed by atoms with Crippen LogP contribution in [0.5, 0.6) is 5.75 Å². The van der Waals surface area contributed by atoms with Gasteiger partial charge in [-0.1, -0.05) is 30.3 Å². The minimum atomic E-state index is -2.88. The van der Waals surface area contributed by atoms with E-state index < -0.39 is 12.2 Å². The Bertz CT molecular complexity index is 1070. The Kier molecular flexibility index (Phi) is 5.46. The second-order valence-corrected chi connectivity index (χ2v) is 7.14. The second kappa shape index (κ2) is 8.20. The van der Waals surface area contributed by atoms with Gasteiger partial charge in [-0.3, -0.25) is 9.98 Å². The number of amidine groups is 1. The number of pyridine rings is 1. The van der Waals surface area contributed by atoms with E-state index in [1.807, 2.05) is 36.4 Å². The Morgan fingerprint density at radius 3 is 2.57 bits per heavy atom. The standard InChI is InChI=1S/C23H21F2N3O2/c1-15-10-19(7-8-20(15)30-22(24)25)23(14-29-13-21(26)28-23)18-6-2-4-16(11-18)17-5-3-9-27-12-17/h2-12,22H,13-14H2,1H3,(H2,26,28). The van der Waals surface area contributed by atoms with Crippen LogP contribution in [0.15, 0.2) is 72.0 Å². The quantitative estimate of drug-likeness (QED) is 0.683. The average molecular weight is 409 g/mol. The van der Waals surface area contributed by atoms with Crippen molar-refractivity contribution < 1.29 is 18.3 Å². The molecule has 0 radical (unpaired) electrons. The molecule has 4 rings (SSSR count). The molecule has 0 amide bonds. The molecule has 2 N–H and O–H groups in total. The minimum absolute atomic E-state index is 0.127. The lowest BCUT2D eigenvalue weighted by Crippen LogP contribution is -2.40. The molecule has 0 saturated carbocycles. The molecule has 0 saturated heterocycles. The van der Waals surface area contributed by atoms with E-state index in [0.717, 1.165) is 22.3 Å². The van der Waals surface area contributed by atoms with E-state index in [-0.39, 0.29) is 19.0 Å². The number of rotatable bonds is 5. The van der Waals surface area contributed by atoms with Crippen LogP contribution in [-0.2, 0) is 10.3 Å². The lowest BCUT2D eigenvalue weighted by molar-refractivity contribution is -0.0503. The van der Waals surface area contributed by atoms with Crippen molar-refractivity contribution in [3.63, 3.8) is 0 Å². The zero-order valence-corrected chi connectivity index (χ0v) is 16.4. The summed E-state index contributed by atoms with van der Waals surface area (Å²) in [7, 11) is 0. The highest BCUT2D eigenvalue weighted by Crippen LogP contribution is 2.39. The molecule has 30 heavy (non-hydrogen) atoms. The fourth-order valence-electron chi connectivity index (χ4n) is 3.70. The molecule has 1 aliphatic heterocycles.